The Balaban J connectivity index is 1.67. The van der Waals surface area contributed by atoms with Gasteiger partial charge in [0.05, 0.1) is 11.5 Å². The summed E-state index contributed by atoms with van der Waals surface area (Å²) in [5.41, 5.74) is -0.159. The van der Waals surface area contributed by atoms with Crippen LogP contribution in [0.4, 0.5) is 0 Å². The van der Waals surface area contributed by atoms with Gasteiger partial charge >= 0.3 is 0 Å². The van der Waals surface area contributed by atoms with E-state index < -0.39 is 0 Å². The van der Waals surface area contributed by atoms with Gasteiger partial charge in [-0.2, -0.15) is 5.26 Å². The minimum absolute atomic E-state index is 0.159. The summed E-state index contributed by atoms with van der Waals surface area (Å²) in [7, 11) is 0. The second-order valence-corrected chi connectivity index (χ2v) is 5.85. The van der Waals surface area contributed by atoms with E-state index in [1.165, 1.54) is 39.0 Å². The SMILES string of the molecule is CC(C)(C#N)CCN1CCN(C2CC2)CC1. The van der Waals surface area contributed by atoms with Crippen LogP contribution in [0.25, 0.3) is 0 Å². The molecule has 2 aliphatic rings. The fourth-order valence-electron chi connectivity index (χ4n) is 2.29. The molecular formula is C13H23N3. The van der Waals surface area contributed by atoms with Crippen LogP contribution in [0.2, 0.25) is 0 Å². The second kappa shape index (κ2) is 4.73. The van der Waals surface area contributed by atoms with Gasteiger partial charge in [0.1, 0.15) is 0 Å². The third-order valence-electron chi connectivity index (χ3n) is 3.83. The van der Waals surface area contributed by atoms with Crippen LogP contribution >= 0.6 is 0 Å². The molecule has 0 atom stereocenters. The maximum atomic E-state index is 8.97. The molecule has 0 aromatic heterocycles. The first-order chi connectivity index (χ1) is 7.61. The first-order valence-corrected chi connectivity index (χ1v) is 6.48. The molecule has 3 nitrogen and oxygen atoms in total. The third kappa shape index (κ3) is 3.20. The Morgan fingerprint density at radius 3 is 2.31 bits per heavy atom. The maximum absolute atomic E-state index is 8.97. The molecule has 0 spiro atoms. The Morgan fingerprint density at radius 1 is 1.19 bits per heavy atom. The summed E-state index contributed by atoms with van der Waals surface area (Å²) in [4.78, 5) is 5.14. The normalized spacial score (nSPS) is 24.3. The van der Waals surface area contributed by atoms with E-state index in [0.29, 0.717) is 0 Å². The van der Waals surface area contributed by atoms with Crippen LogP contribution < -0.4 is 0 Å². The van der Waals surface area contributed by atoms with E-state index in [0.717, 1.165) is 19.0 Å². The summed E-state index contributed by atoms with van der Waals surface area (Å²) < 4.78 is 0. The minimum atomic E-state index is -0.159. The van der Waals surface area contributed by atoms with E-state index in [1.54, 1.807) is 0 Å². The average molecular weight is 221 g/mol. The molecule has 0 radical (unpaired) electrons. The predicted octanol–water partition coefficient (Wildman–Crippen LogP) is 1.71. The molecule has 1 aliphatic heterocycles. The first-order valence-electron chi connectivity index (χ1n) is 6.48. The number of hydrogen-bond donors (Lipinski definition) is 0. The van der Waals surface area contributed by atoms with E-state index in [9.17, 15) is 0 Å². The first kappa shape index (κ1) is 11.9. The van der Waals surface area contributed by atoms with Gasteiger partial charge in [-0.3, -0.25) is 4.90 Å². The van der Waals surface area contributed by atoms with Crippen LogP contribution in [0, 0.1) is 16.7 Å². The standard InChI is InChI=1S/C13H23N3/c1-13(2,11-14)5-6-15-7-9-16(10-8-15)12-3-4-12/h12H,3-10H2,1-2H3. The zero-order valence-electron chi connectivity index (χ0n) is 10.6. The van der Waals surface area contributed by atoms with E-state index in [2.05, 4.69) is 15.9 Å². The highest BCUT2D eigenvalue weighted by Gasteiger charge is 2.31. The van der Waals surface area contributed by atoms with Crippen molar-refractivity contribution in [1.82, 2.24) is 9.80 Å². The molecular weight excluding hydrogens is 198 g/mol. The molecule has 3 heteroatoms. The summed E-state index contributed by atoms with van der Waals surface area (Å²) in [5, 5.41) is 8.97. The molecule has 1 saturated carbocycles. The molecule has 1 aliphatic carbocycles. The van der Waals surface area contributed by atoms with Crippen molar-refractivity contribution in [2.75, 3.05) is 32.7 Å². The monoisotopic (exact) mass is 221 g/mol. The summed E-state index contributed by atoms with van der Waals surface area (Å²) in [6.45, 7) is 10.0. The average Bonchev–Trinajstić information content (AvgIpc) is 3.11. The number of nitriles is 1. The van der Waals surface area contributed by atoms with Crippen molar-refractivity contribution >= 4 is 0 Å². The summed E-state index contributed by atoms with van der Waals surface area (Å²) in [6, 6.07) is 3.30. The highest BCUT2D eigenvalue weighted by atomic mass is 15.3. The molecule has 2 rings (SSSR count). The molecule has 0 amide bonds. The molecule has 1 heterocycles. The number of hydrogen-bond acceptors (Lipinski definition) is 3. The Hall–Kier alpha value is -0.590. The molecule has 2 fully saturated rings. The van der Waals surface area contributed by atoms with Crippen LogP contribution in [0.5, 0.6) is 0 Å². The Labute approximate surface area is 99.0 Å². The minimum Gasteiger partial charge on any atom is -0.301 e. The lowest BCUT2D eigenvalue weighted by Crippen LogP contribution is -2.47. The van der Waals surface area contributed by atoms with Crippen molar-refractivity contribution in [1.29, 1.82) is 5.26 Å². The molecule has 0 unspecified atom stereocenters. The molecule has 0 aromatic carbocycles. The van der Waals surface area contributed by atoms with Gasteiger partial charge in [0.15, 0.2) is 0 Å². The number of piperazine rings is 1. The lowest BCUT2D eigenvalue weighted by atomic mass is 9.91. The Bertz CT molecular complexity index is 267. The highest BCUT2D eigenvalue weighted by molar-refractivity contribution is 4.93. The van der Waals surface area contributed by atoms with Crippen LogP contribution in [0.1, 0.15) is 33.1 Å². The van der Waals surface area contributed by atoms with Crippen molar-refractivity contribution in [2.45, 2.75) is 39.2 Å². The number of nitrogens with zero attached hydrogens (tertiary/aromatic N) is 3. The largest absolute Gasteiger partial charge is 0.301 e. The van der Waals surface area contributed by atoms with Crippen molar-refractivity contribution in [3.05, 3.63) is 0 Å². The fraction of sp³-hybridized carbons (Fsp3) is 0.923. The van der Waals surface area contributed by atoms with Gasteiger partial charge in [-0.15, -0.1) is 0 Å². The van der Waals surface area contributed by atoms with Gasteiger partial charge in [0, 0.05) is 32.2 Å². The molecule has 0 N–H and O–H groups in total. The summed E-state index contributed by atoms with van der Waals surface area (Å²) >= 11 is 0. The molecule has 0 aromatic rings. The van der Waals surface area contributed by atoms with Gasteiger partial charge < -0.3 is 4.90 Å². The Kier molecular flexibility index (Phi) is 3.51. The zero-order valence-corrected chi connectivity index (χ0v) is 10.6. The van der Waals surface area contributed by atoms with Gasteiger partial charge in [0.25, 0.3) is 0 Å². The molecule has 90 valence electrons. The van der Waals surface area contributed by atoms with Crippen LogP contribution in [-0.4, -0.2) is 48.6 Å². The van der Waals surface area contributed by atoms with E-state index >= 15 is 0 Å². The van der Waals surface area contributed by atoms with Gasteiger partial charge in [-0.25, -0.2) is 0 Å². The highest BCUT2D eigenvalue weighted by Crippen LogP contribution is 2.27. The smallest absolute Gasteiger partial charge is 0.0684 e. The van der Waals surface area contributed by atoms with Crippen molar-refractivity contribution in [3.8, 4) is 6.07 Å². The van der Waals surface area contributed by atoms with Crippen molar-refractivity contribution in [3.63, 3.8) is 0 Å². The zero-order chi connectivity index (χ0) is 11.6. The molecule has 0 bridgehead atoms. The topological polar surface area (TPSA) is 30.3 Å². The summed E-state index contributed by atoms with van der Waals surface area (Å²) in [5.74, 6) is 0. The second-order valence-electron chi connectivity index (χ2n) is 5.85. The number of rotatable bonds is 4. The van der Waals surface area contributed by atoms with Crippen LogP contribution in [-0.2, 0) is 0 Å². The van der Waals surface area contributed by atoms with Gasteiger partial charge in [-0.05, 0) is 39.7 Å². The summed E-state index contributed by atoms with van der Waals surface area (Å²) in [6.07, 6.45) is 3.83. The Morgan fingerprint density at radius 2 is 1.81 bits per heavy atom. The van der Waals surface area contributed by atoms with Gasteiger partial charge in [-0.1, -0.05) is 0 Å². The van der Waals surface area contributed by atoms with E-state index in [1.807, 2.05) is 13.8 Å². The lowest BCUT2D eigenvalue weighted by molar-refractivity contribution is 0.119. The van der Waals surface area contributed by atoms with Crippen LogP contribution in [0.3, 0.4) is 0 Å². The lowest BCUT2D eigenvalue weighted by Gasteiger charge is -2.35. The van der Waals surface area contributed by atoms with Crippen LogP contribution in [0.15, 0.2) is 0 Å². The quantitative estimate of drug-likeness (QED) is 0.724. The van der Waals surface area contributed by atoms with E-state index in [-0.39, 0.29) is 5.41 Å². The third-order valence-corrected chi connectivity index (χ3v) is 3.83. The maximum Gasteiger partial charge on any atom is 0.0684 e. The fourth-order valence-corrected chi connectivity index (χ4v) is 2.29. The predicted molar refractivity (Wildman–Crippen MR) is 65.0 cm³/mol. The van der Waals surface area contributed by atoms with Crippen molar-refractivity contribution in [2.24, 2.45) is 5.41 Å². The molecule has 1 saturated heterocycles. The van der Waals surface area contributed by atoms with Gasteiger partial charge in [0.2, 0.25) is 0 Å². The van der Waals surface area contributed by atoms with E-state index in [4.69, 9.17) is 5.26 Å². The van der Waals surface area contributed by atoms with Crippen molar-refractivity contribution < 1.29 is 0 Å². The molecule has 16 heavy (non-hydrogen) atoms.